The van der Waals surface area contributed by atoms with Gasteiger partial charge in [-0.3, -0.25) is 4.90 Å². The summed E-state index contributed by atoms with van der Waals surface area (Å²) in [5, 5.41) is 2.82. The van der Waals surface area contributed by atoms with Gasteiger partial charge in [0, 0.05) is 19.5 Å². The topological polar surface area (TPSA) is 41.6 Å². The number of alkyl carbamates (subject to hydrolysis) is 1. The lowest BCUT2D eigenvalue weighted by atomic mass is 9.95. The Hall–Kier alpha value is -2.33. The number of nitrogens with zero attached hydrogens (tertiary/aromatic N) is 1. The molecule has 2 saturated heterocycles. The summed E-state index contributed by atoms with van der Waals surface area (Å²) in [6, 6.07) is 19.3. The molecule has 0 bridgehead atoms. The van der Waals surface area contributed by atoms with Crippen LogP contribution in [-0.4, -0.2) is 36.2 Å². The molecule has 1 atom stereocenters. The van der Waals surface area contributed by atoms with E-state index in [0.29, 0.717) is 6.54 Å². The number of likely N-dealkylation sites (tertiary alicyclic amines) is 1. The van der Waals surface area contributed by atoms with Gasteiger partial charge in [-0.2, -0.15) is 0 Å². The molecule has 1 N–H and O–H groups in total. The third-order valence-corrected chi connectivity index (χ3v) is 5.29. The number of nitrogens with one attached hydrogen (secondary N) is 1. The van der Waals surface area contributed by atoms with Crippen molar-refractivity contribution in [1.82, 2.24) is 10.2 Å². The maximum Gasteiger partial charge on any atom is 0.407 e. The van der Waals surface area contributed by atoms with Crippen molar-refractivity contribution >= 4 is 6.09 Å². The van der Waals surface area contributed by atoms with Crippen LogP contribution < -0.4 is 5.32 Å². The Balaban J connectivity index is 1.43. The van der Waals surface area contributed by atoms with Gasteiger partial charge < -0.3 is 10.1 Å². The van der Waals surface area contributed by atoms with Crippen molar-refractivity contribution in [2.45, 2.75) is 31.4 Å². The van der Waals surface area contributed by atoms with E-state index in [1.807, 2.05) is 6.07 Å². The molecule has 0 aliphatic carbocycles. The number of amides is 1. The summed E-state index contributed by atoms with van der Waals surface area (Å²) in [7, 11) is 0. The minimum Gasteiger partial charge on any atom is -0.441 e. The Bertz CT molecular complexity index is 747. The Morgan fingerprint density at radius 3 is 2.64 bits per heavy atom. The molecule has 1 amide bonds. The highest BCUT2D eigenvalue weighted by Crippen LogP contribution is 2.30. The number of hydrogen-bond donors (Lipinski definition) is 1. The lowest BCUT2D eigenvalue weighted by Gasteiger charge is -2.25. The van der Waals surface area contributed by atoms with Gasteiger partial charge in [-0.05, 0) is 42.1 Å². The minimum atomic E-state index is -0.280. The fourth-order valence-electron chi connectivity index (χ4n) is 3.90. The van der Waals surface area contributed by atoms with Crippen LogP contribution in [0.5, 0.6) is 0 Å². The molecule has 4 rings (SSSR count). The number of rotatable bonds is 3. The fraction of sp³-hybridized carbons (Fsp3) is 0.381. The Labute approximate surface area is 148 Å². The van der Waals surface area contributed by atoms with E-state index in [1.54, 1.807) is 0 Å². The number of carbonyl (C=O) groups excluding carboxylic acids is 1. The summed E-state index contributed by atoms with van der Waals surface area (Å²) in [5.41, 5.74) is 3.57. The molecule has 4 heteroatoms. The molecule has 2 aromatic carbocycles. The second-order valence-electron chi connectivity index (χ2n) is 7.12. The Morgan fingerprint density at radius 2 is 1.84 bits per heavy atom. The van der Waals surface area contributed by atoms with E-state index in [-0.39, 0.29) is 11.7 Å². The Kier molecular flexibility index (Phi) is 4.45. The highest BCUT2D eigenvalue weighted by atomic mass is 16.6. The van der Waals surface area contributed by atoms with Gasteiger partial charge in [0.05, 0.1) is 6.54 Å². The van der Waals surface area contributed by atoms with Gasteiger partial charge in [0.1, 0.15) is 5.60 Å². The zero-order chi connectivity index (χ0) is 17.1. The van der Waals surface area contributed by atoms with Crippen LogP contribution in [0.2, 0.25) is 0 Å². The van der Waals surface area contributed by atoms with E-state index >= 15 is 0 Å². The third kappa shape index (κ3) is 3.69. The van der Waals surface area contributed by atoms with E-state index in [0.717, 1.165) is 38.9 Å². The number of benzene rings is 2. The van der Waals surface area contributed by atoms with Crippen molar-refractivity contribution in [2.75, 3.05) is 19.6 Å². The first-order chi connectivity index (χ1) is 12.2. The zero-order valence-electron chi connectivity index (χ0n) is 14.4. The van der Waals surface area contributed by atoms with Gasteiger partial charge in [0.25, 0.3) is 0 Å². The molecular formula is C21H24N2O2. The summed E-state index contributed by atoms with van der Waals surface area (Å²) in [6.45, 7) is 3.61. The average Bonchev–Trinajstić information content (AvgIpc) is 2.90. The summed E-state index contributed by atoms with van der Waals surface area (Å²) in [6.07, 6.45) is 2.66. The number of hydrogen-bond acceptors (Lipinski definition) is 3. The fourth-order valence-corrected chi connectivity index (χ4v) is 3.90. The van der Waals surface area contributed by atoms with Crippen LogP contribution in [0.15, 0.2) is 54.6 Å². The maximum absolute atomic E-state index is 11.4. The van der Waals surface area contributed by atoms with Crippen LogP contribution in [0.4, 0.5) is 4.79 Å². The van der Waals surface area contributed by atoms with Crippen LogP contribution in [0.25, 0.3) is 11.1 Å². The summed E-state index contributed by atoms with van der Waals surface area (Å²) in [5.74, 6) is 0. The van der Waals surface area contributed by atoms with Gasteiger partial charge in [-0.15, -0.1) is 0 Å². The molecule has 0 unspecified atom stereocenters. The first kappa shape index (κ1) is 16.2. The molecule has 4 nitrogen and oxygen atoms in total. The first-order valence-electron chi connectivity index (χ1n) is 9.06. The Morgan fingerprint density at radius 1 is 1.00 bits per heavy atom. The maximum atomic E-state index is 11.4. The molecule has 130 valence electrons. The molecule has 2 aliphatic rings. The quantitative estimate of drug-likeness (QED) is 0.926. The largest absolute Gasteiger partial charge is 0.441 e. The third-order valence-electron chi connectivity index (χ3n) is 5.29. The van der Waals surface area contributed by atoms with Gasteiger partial charge >= 0.3 is 6.09 Å². The van der Waals surface area contributed by atoms with Crippen molar-refractivity contribution in [1.29, 1.82) is 0 Å². The van der Waals surface area contributed by atoms with Gasteiger partial charge in [-0.25, -0.2) is 4.79 Å². The van der Waals surface area contributed by atoms with E-state index in [1.165, 1.54) is 16.7 Å². The second-order valence-corrected chi connectivity index (χ2v) is 7.12. The van der Waals surface area contributed by atoms with Crippen molar-refractivity contribution in [2.24, 2.45) is 0 Å². The van der Waals surface area contributed by atoms with Gasteiger partial charge in [-0.1, -0.05) is 48.5 Å². The van der Waals surface area contributed by atoms with Gasteiger partial charge in [0.2, 0.25) is 0 Å². The van der Waals surface area contributed by atoms with Crippen LogP contribution in [0.3, 0.4) is 0 Å². The molecule has 2 aliphatic heterocycles. The van der Waals surface area contributed by atoms with E-state index in [2.05, 4.69) is 58.7 Å². The molecule has 25 heavy (non-hydrogen) atoms. The van der Waals surface area contributed by atoms with Crippen molar-refractivity contribution in [3.05, 3.63) is 60.2 Å². The van der Waals surface area contributed by atoms with E-state index in [9.17, 15) is 4.79 Å². The smallest absolute Gasteiger partial charge is 0.407 e. The van der Waals surface area contributed by atoms with Gasteiger partial charge in [0.15, 0.2) is 0 Å². The van der Waals surface area contributed by atoms with E-state index in [4.69, 9.17) is 4.74 Å². The SMILES string of the molecule is O=C1NC[C@@]2(CCCN(Cc3cccc(-c4ccccc4)c3)CC2)O1. The second kappa shape index (κ2) is 6.89. The van der Waals surface area contributed by atoms with Crippen molar-refractivity contribution in [3.8, 4) is 11.1 Å². The predicted octanol–water partition coefficient (Wildman–Crippen LogP) is 3.82. The lowest BCUT2D eigenvalue weighted by Crippen LogP contribution is -2.34. The highest BCUT2D eigenvalue weighted by molar-refractivity contribution is 5.70. The number of ether oxygens (including phenoxy) is 1. The summed E-state index contributed by atoms with van der Waals surface area (Å²) >= 11 is 0. The monoisotopic (exact) mass is 336 g/mol. The van der Waals surface area contributed by atoms with Crippen LogP contribution >= 0.6 is 0 Å². The summed E-state index contributed by atoms with van der Waals surface area (Å²) < 4.78 is 5.57. The molecule has 2 fully saturated rings. The van der Waals surface area contributed by atoms with Crippen molar-refractivity contribution < 1.29 is 9.53 Å². The van der Waals surface area contributed by atoms with Crippen molar-refractivity contribution in [3.63, 3.8) is 0 Å². The average molecular weight is 336 g/mol. The van der Waals surface area contributed by atoms with E-state index < -0.39 is 0 Å². The zero-order valence-corrected chi connectivity index (χ0v) is 14.4. The molecule has 0 saturated carbocycles. The molecule has 0 radical (unpaired) electrons. The molecule has 2 aromatic rings. The normalized spacial score (nSPS) is 23.9. The summed E-state index contributed by atoms with van der Waals surface area (Å²) in [4.78, 5) is 13.9. The van der Waals surface area contributed by atoms with Crippen LogP contribution in [0.1, 0.15) is 24.8 Å². The number of carbonyl (C=O) groups is 1. The lowest BCUT2D eigenvalue weighted by molar-refractivity contribution is 0.0443. The predicted molar refractivity (Wildman–Crippen MR) is 98.2 cm³/mol. The minimum absolute atomic E-state index is 0.260. The van der Waals surface area contributed by atoms with Crippen LogP contribution in [0, 0.1) is 0 Å². The molecular weight excluding hydrogens is 312 g/mol. The first-order valence-corrected chi connectivity index (χ1v) is 9.06. The molecule has 1 spiro atoms. The standard InChI is InChI=1S/C21H24N2O2/c24-20-22-16-21(25-20)10-5-12-23(13-11-21)15-17-6-4-9-19(14-17)18-7-2-1-3-8-18/h1-4,6-9,14H,5,10-13,15-16H2,(H,22,24)/t21-/m0/s1. The molecule has 0 aromatic heterocycles. The highest BCUT2D eigenvalue weighted by Gasteiger charge is 2.41. The molecule has 2 heterocycles. The van der Waals surface area contributed by atoms with Crippen LogP contribution in [-0.2, 0) is 11.3 Å².